The zero-order valence-electron chi connectivity index (χ0n) is 13.2. The van der Waals surface area contributed by atoms with Crippen LogP contribution >= 0.6 is 23.2 Å². The summed E-state index contributed by atoms with van der Waals surface area (Å²) in [6.07, 6.45) is 0. The Morgan fingerprint density at radius 2 is 1.62 bits per heavy atom. The van der Waals surface area contributed by atoms with Gasteiger partial charge in [0.15, 0.2) is 0 Å². The van der Waals surface area contributed by atoms with Crippen molar-refractivity contribution in [1.82, 2.24) is 10.2 Å². The summed E-state index contributed by atoms with van der Waals surface area (Å²) in [7, 11) is 0. The molecule has 2 aromatic rings. The second-order valence-electron chi connectivity index (χ2n) is 5.71. The third-order valence-corrected chi connectivity index (χ3v) is 4.69. The van der Waals surface area contributed by atoms with Crippen LogP contribution in [0.25, 0.3) is 0 Å². The summed E-state index contributed by atoms with van der Waals surface area (Å²) in [6.45, 7) is 3.41. The van der Waals surface area contributed by atoms with Crippen molar-refractivity contribution < 1.29 is 4.79 Å². The van der Waals surface area contributed by atoms with Gasteiger partial charge in [0.1, 0.15) is 0 Å². The smallest absolute Gasteiger partial charge is 0.317 e. The number of piperazine rings is 1. The van der Waals surface area contributed by atoms with Gasteiger partial charge in [-0.25, -0.2) is 4.79 Å². The molecule has 0 bridgehead atoms. The van der Waals surface area contributed by atoms with E-state index in [1.54, 1.807) is 0 Å². The first-order chi connectivity index (χ1) is 11.6. The van der Waals surface area contributed by atoms with Crippen molar-refractivity contribution in [2.45, 2.75) is 6.54 Å². The summed E-state index contributed by atoms with van der Waals surface area (Å²) in [5.74, 6) is 0. The van der Waals surface area contributed by atoms with Gasteiger partial charge in [-0.3, -0.25) is 0 Å². The molecule has 1 aliphatic rings. The fourth-order valence-corrected chi connectivity index (χ4v) is 3.13. The van der Waals surface area contributed by atoms with E-state index in [4.69, 9.17) is 23.2 Å². The second kappa shape index (κ2) is 7.77. The average molecular weight is 364 g/mol. The molecule has 24 heavy (non-hydrogen) atoms. The van der Waals surface area contributed by atoms with Crippen LogP contribution < -0.4 is 10.2 Å². The van der Waals surface area contributed by atoms with Crippen molar-refractivity contribution in [1.29, 1.82) is 0 Å². The van der Waals surface area contributed by atoms with Gasteiger partial charge in [-0.1, -0.05) is 47.5 Å². The highest BCUT2D eigenvalue weighted by molar-refractivity contribution is 6.33. The molecule has 1 heterocycles. The first-order valence-electron chi connectivity index (χ1n) is 7.90. The van der Waals surface area contributed by atoms with Crippen molar-refractivity contribution in [3.8, 4) is 0 Å². The van der Waals surface area contributed by atoms with Crippen LogP contribution in [0.5, 0.6) is 0 Å². The van der Waals surface area contributed by atoms with E-state index in [0.717, 1.165) is 29.4 Å². The number of anilines is 1. The first-order valence-corrected chi connectivity index (χ1v) is 8.66. The van der Waals surface area contributed by atoms with Gasteiger partial charge in [0.2, 0.25) is 0 Å². The number of para-hydroxylation sites is 1. The van der Waals surface area contributed by atoms with E-state index < -0.39 is 0 Å². The van der Waals surface area contributed by atoms with Gasteiger partial charge in [-0.05, 0) is 29.8 Å². The first kappa shape index (κ1) is 16.9. The van der Waals surface area contributed by atoms with Crippen LogP contribution in [0.4, 0.5) is 10.5 Å². The van der Waals surface area contributed by atoms with Crippen molar-refractivity contribution >= 4 is 34.9 Å². The number of halogens is 2. The molecule has 4 nitrogen and oxygen atoms in total. The molecule has 3 rings (SSSR count). The van der Waals surface area contributed by atoms with E-state index >= 15 is 0 Å². The Balaban J connectivity index is 1.50. The number of nitrogens with one attached hydrogen (secondary N) is 1. The largest absolute Gasteiger partial charge is 0.367 e. The standard InChI is InChI=1S/C18H19Cl2N3O/c19-15-7-5-14(6-8-15)13-21-18(24)23-11-9-22(10-12-23)17-4-2-1-3-16(17)20/h1-8H,9-13H2,(H,21,24). The van der Waals surface area contributed by atoms with E-state index in [0.29, 0.717) is 24.7 Å². The molecule has 2 amide bonds. The Kier molecular flexibility index (Phi) is 5.48. The number of benzene rings is 2. The predicted octanol–water partition coefficient (Wildman–Crippen LogP) is 4.03. The molecule has 1 N–H and O–H groups in total. The number of amides is 2. The maximum absolute atomic E-state index is 12.3. The predicted molar refractivity (Wildman–Crippen MR) is 98.9 cm³/mol. The summed E-state index contributed by atoms with van der Waals surface area (Å²) in [6, 6.07) is 15.2. The molecule has 0 aliphatic carbocycles. The molecule has 0 radical (unpaired) electrons. The number of rotatable bonds is 3. The quantitative estimate of drug-likeness (QED) is 0.893. The van der Waals surface area contributed by atoms with Gasteiger partial charge >= 0.3 is 6.03 Å². The molecular weight excluding hydrogens is 345 g/mol. The number of carbonyl (C=O) groups excluding carboxylic acids is 1. The van der Waals surface area contributed by atoms with E-state index in [9.17, 15) is 4.79 Å². The number of nitrogens with zero attached hydrogens (tertiary/aromatic N) is 2. The average Bonchev–Trinajstić information content (AvgIpc) is 2.61. The number of hydrogen-bond donors (Lipinski definition) is 1. The topological polar surface area (TPSA) is 35.6 Å². The normalized spacial score (nSPS) is 14.6. The summed E-state index contributed by atoms with van der Waals surface area (Å²) in [5, 5.41) is 4.40. The monoisotopic (exact) mass is 363 g/mol. The lowest BCUT2D eigenvalue weighted by atomic mass is 10.2. The Morgan fingerprint density at radius 1 is 0.958 bits per heavy atom. The van der Waals surface area contributed by atoms with Crippen molar-refractivity contribution in [3.63, 3.8) is 0 Å². The van der Waals surface area contributed by atoms with E-state index in [1.165, 1.54) is 0 Å². The van der Waals surface area contributed by atoms with Crippen LogP contribution in [-0.2, 0) is 6.54 Å². The zero-order chi connectivity index (χ0) is 16.9. The highest BCUT2D eigenvalue weighted by atomic mass is 35.5. The molecule has 0 atom stereocenters. The molecule has 1 saturated heterocycles. The molecule has 6 heteroatoms. The van der Waals surface area contributed by atoms with Crippen molar-refractivity contribution in [2.24, 2.45) is 0 Å². The fourth-order valence-electron chi connectivity index (χ4n) is 2.75. The van der Waals surface area contributed by atoms with Crippen molar-refractivity contribution in [2.75, 3.05) is 31.1 Å². The van der Waals surface area contributed by atoms with Crippen LogP contribution in [0.15, 0.2) is 48.5 Å². The SMILES string of the molecule is O=C(NCc1ccc(Cl)cc1)N1CCN(c2ccccc2Cl)CC1. The van der Waals surface area contributed by atoms with Crippen LogP contribution in [0.3, 0.4) is 0 Å². The van der Waals surface area contributed by atoms with Gasteiger partial charge in [0.25, 0.3) is 0 Å². The third kappa shape index (κ3) is 4.13. The zero-order valence-corrected chi connectivity index (χ0v) is 14.7. The number of hydrogen-bond acceptors (Lipinski definition) is 2. The molecule has 0 saturated carbocycles. The van der Waals surface area contributed by atoms with Crippen LogP contribution in [-0.4, -0.2) is 37.1 Å². The highest BCUT2D eigenvalue weighted by Gasteiger charge is 2.22. The van der Waals surface area contributed by atoms with Crippen LogP contribution in [0.1, 0.15) is 5.56 Å². The second-order valence-corrected chi connectivity index (χ2v) is 6.55. The molecule has 126 valence electrons. The molecular formula is C18H19Cl2N3O. The number of urea groups is 1. The summed E-state index contributed by atoms with van der Waals surface area (Å²) >= 11 is 12.1. The van der Waals surface area contributed by atoms with Gasteiger partial charge in [0.05, 0.1) is 10.7 Å². The lowest BCUT2D eigenvalue weighted by Crippen LogP contribution is -2.51. The molecule has 0 aromatic heterocycles. The molecule has 1 fully saturated rings. The minimum absolute atomic E-state index is 0.0382. The maximum Gasteiger partial charge on any atom is 0.317 e. The Hall–Kier alpha value is -1.91. The molecule has 0 unspecified atom stereocenters. The van der Waals surface area contributed by atoms with Crippen molar-refractivity contribution in [3.05, 3.63) is 64.1 Å². The molecule has 1 aliphatic heterocycles. The lowest BCUT2D eigenvalue weighted by Gasteiger charge is -2.36. The minimum atomic E-state index is -0.0382. The Morgan fingerprint density at radius 3 is 2.29 bits per heavy atom. The Labute approximate surface area is 152 Å². The minimum Gasteiger partial charge on any atom is -0.367 e. The molecule has 2 aromatic carbocycles. The van der Waals surface area contributed by atoms with E-state index in [-0.39, 0.29) is 6.03 Å². The van der Waals surface area contributed by atoms with Crippen LogP contribution in [0, 0.1) is 0 Å². The summed E-state index contributed by atoms with van der Waals surface area (Å²) in [4.78, 5) is 16.3. The highest BCUT2D eigenvalue weighted by Crippen LogP contribution is 2.26. The van der Waals surface area contributed by atoms with E-state index in [2.05, 4.69) is 10.2 Å². The maximum atomic E-state index is 12.3. The van der Waals surface area contributed by atoms with Crippen LogP contribution in [0.2, 0.25) is 10.0 Å². The van der Waals surface area contributed by atoms with Gasteiger partial charge in [0, 0.05) is 37.7 Å². The summed E-state index contributed by atoms with van der Waals surface area (Å²) in [5.41, 5.74) is 2.06. The van der Waals surface area contributed by atoms with Gasteiger partial charge in [-0.15, -0.1) is 0 Å². The van der Waals surface area contributed by atoms with E-state index in [1.807, 2.05) is 53.4 Å². The Bertz CT molecular complexity index is 698. The van der Waals surface area contributed by atoms with Gasteiger partial charge < -0.3 is 15.1 Å². The molecule has 0 spiro atoms. The lowest BCUT2D eigenvalue weighted by molar-refractivity contribution is 0.194. The fraction of sp³-hybridized carbons (Fsp3) is 0.278. The summed E-state index contributed by atoms with van der Waals surface area (Å²) < 4.78 is 0. The van der Waals surface area contributed by atoms with Gasteiger partial charge in [-0.2, -0.15) is 0 Å². The number of carbonyl (C=O) groups is 1. The third-order valence-electron chi connectivity index (χ3n) is 4.12.